The fraction of sp³-hybridized carbons (Fsp3) is 0.222. The number of hydrogen-bond acceptors (Lipinski definition) is 3. The maximum atomic E-state index is 13.0. The standard InChI is InChI=1S/C18H18FNO3/c1-12-5-3-6-13(2)18(12)20-16(21)11-23-17(22)10-14-7-4-8-15(19)9-14/h3-9H,10-11H2,1-2H3,(H,20,21). The number of hydrogen-bond donors (Lipinski definition) is 1. The molecule has 0 saturated heterocycles. The van der Waals surface area contributed by atoms with Crippen molar-refractivity contribution in [3.05, 3.63) is 65.0 Å². The zero-order valence-electron chi connectivity index (χ0n) is 13.1. The Bertz CT molecular complexity index is 708. The molecule has 0 saturated carbocycles. The van der Waals surface area contributed by atoms with E-state index in [1.165, 1.54) is 18.2 Å². The van der Waals surface area contributed by atoms with Crippen molar-refractivity contribution in [3.8, 4) is 0 Å². The Labute approximate surface area is 134 Å². The van der Waals surface area contributed by atoms with Crippen molar-refractivity contribution < 1.29 is 18.7 Å². The topological polar surface area (TPSA) is 55.4 Å². The van der Waals surface area contributed by atoms with Gasteiger partial charge in [-0.3, -0.25) is 9.59 Å². The van der Waals surface area contributed by atoms with Crippen LogP contribution in [0, 0.1) is 19.7 Å². The molecule has 0 fully saturated rings. The van der Waals surface area contributed by atoms with Crippen LogP contribution in [-0.2, 0) is 20.7 Å². The second-order valence-corrected chi connectivity index (χ2v) is 5.28. The Morgan fingerprint density at radius 1 is 1.09 bits per heavy atom. The van der Waals surface area contributed by atoms with Gasteiger partial charge in [0.1, 0.15) is 5.82 Å². The van der Waals surface area contributed by atoms with Crippen molar-refractivity contribution in [2.24, 2.45) is 0 Å². The SMILES string of the molecule is Cc1cccc(C)c1NC(=O)COC(=O)Cc1cccc(F)c1. The number of benzene rings is 2. The summed E-state index contributed by atoms with van der Waals surface area (Å²) in [6, 6.07) is 11.4. The number of halogens is 1. The van der Waals surface area contributed by atoms with Gasteiger partial charge in [0.05, 0.1) is 6.42 Å². The van der Waals surface area contributed by atoms with Gasteiger partial charge in [0, 0.05) is 5.69 Å². The summed E-state index contributed by atoms with van der Waals surface area (Å²) in [4.78, 5) is 23.6. The van der Waals surface area contributed by atoms with E-state index in [-0.39, 0.29) is 13.0 Å². The highest BCUT2D eigenvalue weighted by Crippen LogP contribution is 2.19. The minimum absolute atomic E-state index is 0.0750. The van der Waals surface area contributed by atoms with E-state index in [1.54, 1.807) is 6.07 Å². The van der Waals surface area contributed by atoms with Crippen molar-refractivity contribution in [2.45, 2.75) is 20.3 Å². The molecule has 2 rings (SSSR count). The van der Waals surface area contributed by atoms with E-state index in [1.807, 2.05) is 32.0 Å². The van der Waals surface area contributed by atoms with Gasteiger partial charge >= 0.3 is 5.97 Å². The Morgan fingerprint density at radius 3 is 2.39 bits per heavy atom. The van der Waals surface area contributed by atoms with Gasteiger partial charge in [0.15, 0.2) is 6.61 Å². The van der Waals surface area contributed by atoms with Gasteiger partial charge in [-0.25, -0.2) is 4.39 Å². The van der Waals surface area contributed by atoms with E-state index in [2.05, 4.69) is 5.32 Å². The Kier molecular flexibility index (Phi) is 5.46. The van der Waals surface area contributed by atoms with Gasteiger partial charge in [-0.05, 0) is 42.7 Å². The highest BCUT2D eigenvalue weighted by molar-refractivity contribution is 5.94. The highest BCUT2D eigenvalue weighted by Gasteiger charge is 2.11. The first-order chi connectivity index (χ1) is 11.0. The summed E-state index contributed by atoms with van der Waals surface area (Å²) >= 11 is 0. The smallest absolute Gasteiger partial charge is 0.310 e. The molecular formula is C18H18FNO3. The second-order valence-electron chi connectivity index (χ2n) is 5.28. The molecule has 2 aromatic rings. The van der Waals surface area contributed by atoms with Crippen LogP contribution >= 0.6 is 0 Å². The monoisotopic (exact) mass is 315 g/mol. The second kappa shape index (κ2) is 7.54. The third-order valence-electron chi connectivity index (χ3n) is 3.35. The lowest BCUT2D eigenvalue weighted by molar-refractivity contribution is -0.146. The quantitative estimate of drug-likeness (QED) is 0.862. The largest absolute Gasteiger partial charge is 0.455 e. The highest BCUT2D eigenvalue weighted by atomic mass is 19.1. The number of para-hydroxylation sites is 1. The lowest BCUT2D eigenvalue weighted by Crippen LogP contribution is -2.22. The van der Waals surface area contributed by atoms with Gasteiger partial charge in [0.2, 0.25) is 0 Å². The van der Waals surface area contributed by atoms with Crippen molar-refractivity contribution in [1.82, 2.24) is 0 Å². The van der Waals surface area contributed by atoms with Crippen LogP contribution in [0.4, 0.5) is 10.1 Å². The Morgan fingerprint density at radius 2 is 1.74 bits per heavy atom. The summed E-state index contributed by atoms with van der Waals surface area (Å²) in [7, 11) is 0. The number of esters is 1. The molecule has 0 aliphatic carbocycles. The third-order valence-corrected chi connectivity index (χ3v) is 3.35. The zero-order valence-corrected chi connectivity index (χ0v) is 13.1. The number of carbonyl (C=O) groups is 2. The van der Waals surface area contributed by atoms with E-state index in [9.17, 15) is 14.0 Å². The molecule has 0 radical (unpaired) electrons. The number of rotatable bonds is 5. The summed E-state index contributed by atoms with van der Waals surface area (Å²) in [5.41, 5.74) is 3.10. The summed E-state index contributed by atoms with van der Waals surface area (Å²) in [6.07, 6.45) is -0.0750. The molecule has 2 aromatic carbocycles. The lowest BCUT2D eigenvalue weighted by atomic mass is 10.1. The van der Waals surface area contributed by atoms with Gasteiger partial charge < -0.3 is 10.1 Å². The van der Waals surface area contributed by atoms with Crippen LogP contribution in [0.25, 0.3) is 0 Å². The van der Waals surface area contributed by atoms with Gasteiger partial charge in [-0.15, -0.1) is 0 Å². The first-order valence-corrected chi connectivity index (χ1v) is 7.22. The average molecular weight is 315 g/mol. The van der Waals surface area contributed by atoms with Gasteiger partial charge in [-0.1, -0.05) is 30.3 Å². The Hall–Kier alpha value is -2.69. The van der Waals surface area contributed by atoms with Crippen molar-refractivity contribution >= 4 is 17.6 Å². The molecule has 5 heteroatoms. The minimum atomic E-state index is -0.577. The van der Waals surface area contributed by atoms with Crippen LogP contribution in [0.2, 0.25) is 0 Å². The number of amides is 1. The molecule has 1 N–H and O–H groups in total. The normalized spacial score (nSPS) is 10.2. The van der Waals surface area contributed by atoms with E-state index in [0.717, 1.165) is 16.8 Å². The van der Waals surface area contributed by atoms with Crippen molar-refractivity contribution in [1.29, 1.82) is 0 Å². The number of aryl methyl sites for hydroxylation is 2. The maximum absolute atomic E-state index is 13.0. The van der Waals surface area contributed by atoms with Crippen molar-refractivity contribution in [3.63, 3.8) is 0 Å². The first-order valence-electron chi connectivity index (χ1n) is 7.22. The molecule has 23 heavy (non-hydrogen) atoms. The zero-order chi connectivity index (χ0) is 16.8. The lowest BCUT2D eigenvalue weighted by Gasteiger charge is -2.11. The van der Waals surface area contributed by atoms with Crippen LogP contribution in [0.15, 0.2) is 42.5 Å². The molecule has 0 aliphatic rings. The summed E-state index contributed by atoms with van der Waals surface area (Å²) in [5.74, 6) is -1.40. The number of carbonyl (C=O) groups excluding carboxylic acids is 2. The fourth-order valence-electron chi connectivity index (χ4n) is 2.20. The number of nitrogens with one attached hydrogen (secondary N) is 1. The van der Waals surface area contributed by atoms with E-state index in [4.69, 9.17) is 4.74 Å². The minimum Gasteiger partial charge on any atom is -0.455 e. The van der Waals surface area contributed by atoms with Crippen LogP contribution in [0.3, 0.4) is 0 Å². The van der Waals surface area contributed by atoms with Crippen LogP contribution < -0.4 is 5.32 Å². The summed E-state index contributed by atoms with van der Waals surface area (Å²) < 4.78 is 18.0. The van der Waals surface area contributed by atoms with Gasteiger partial charge in [-0.2, -0.15) is 0 Å². The molecule has 0 atom stereocenters. The molecule has 120 valence electrons. The Balaban J connectivity index is 1.85. The van der Waals surface area contributed by atoms with E-state index < -0.39 is 17.7 Å². The van der Waals surface area contributed by atoms with Gasteiger partial charge in [0.25, 0.3) is 5.91 Å². The molecule has 0 unspecified atom stereocenters. The molecule has 1 amide bonds. The molecule has 0 aromatic heterocycles. The maximum Gasteiger partial charge on any atom is 0.310 e. The number of anilines is 1. The summed E-state index contributed by atoms with van der Waals surface area (Å²) in [6.45, 7) is 3.40. The molecular weight excluding hydrogens is 297 g/mol. The average Bonchev–Trinajstić information content (AvgIpc) is 2.49. The molecule has 0 heterocycles. The van der Waals surface area contributed by atoms with Crippen LogP contribution in [0.1, 0.15) is 16.7 Å². The summed E-state index contributed by atoms with van der Waals surface area (Å²) in [5, 5.41) is 2.73. The first kappa shape index (κ1) is 16.7. The van der Waals surface area contributed by atoms with E-state index >= 15 is 0 Å². The fourth-order valence-corrected chi connectivity index (χ4v) is 2.20. The predicted octanol–water partition coefficient (Wildman–Crippen LogP) is 3.17. The number of ether oxygens (including phenoxy) is 1. The van der Waals surface area contributed by atoms with Crippen molar-refractivity contribution in [2.75, 3.05) is 11.9 Å². The van der Waals surface area contributed by atoms with Crippen LogP contribution in [0.5, 0.6) is 0 Å². The molecule has 0 spiro atoms. The third kappa shape index (κ3) is 4.92. The molecule has 0 bridgehead atoms. The predicted molar refractivity (Wildman–Crippen MR) is 85.6 cm³/mol. The van der Waals surface area contributed by atoms with E-state index in [0.29, 0.717) is 5.56 Å². The van der Waals surface area contributed by atoms with Crippen LogP contribution in [-0.4, -0.2) is 18.5 Å². The molecule has 0 aliphatic heterocycles. The molecule has 4 nitrogen and oxygen atoms in total.